The number of hydrogen-bond donors (Lipinski definition) is 2. The largest absolute Gasteiger partial charge is 0.481 e. The minimum atomic E-state index is -3.94. The van der Waals surface area contributed by atoms with Gasteiger partial charge < -0.3 is 10.1 Å². The summed E-state index contributed by atoms with van der Waals surface area (Å²) in [6.07, 6.45) is 0. The standard InChI is InChI=1S/C14H11F3N2O4S/c15-10-5-12(17)13(6-11(10)16)23-7-14(20)19-8-2-1-3-9(4-8)24(18,21)22/h1-6H,7H2,(H,19,20)(H2,18,21,22). The van der Waals surface area contributed by atoms with Crippen molar-refractivity contribution in [3.63, 3.8) is 0 Å². The number of rotatable bonds is 5. The number of hydrogen-bond acceptors (Lipinski definition) is 4. The summed E-state index contributed by atoms with van der Waals surface area (Å²) in [6.45, 7) is -0.707. The fraction of sp³-hybridized carbons (Fsp3) is 0.0714. The molecule has 0 atom stereocenters. The molecule has 0 aliphatic heterocycles. The molecule has 0 unspecified atom stereocenters. The third-order valence-corrected chi connectivity index (χ3v) is 3.69. The maximum atomic E-state index is 13.3. The van der Waals surface area contributed by atoms with Gasteiger partial charge in [-0.2, -0.15) is 0 Å². The van der Waals surface area contributed by atoms with Gasteiger partial charge in [0.15, 0.2) is 29.8 Å². The molecule has 0 fully saturated rings. The van der Waals surface area contributed by atoms with Crippen molar-refractivity contribution in [1.82, 2.24) is 0 Å². The zero-order valence-corrected chi connectivity index (χ0v) is 12.7. The molecule has 128 valence electrons. The second kappa shape index (κ2) is 6.89. The van der Waals surface area contributed by atoms with Gasteiger partial charge in [-0.05, 0) is 18.2 Å². The molecular formula is C14H11F3N2O4S. The number of benzene rings is 2. The zero-order valence-electron chi connectivity index (χ0n) is 11.9. The highest BCUT2D eigenvalue weighted by Crippen LogP contribution is 2.21. The summed E-state index contributed by atoms with van der Waals surface area (Å²) in [5, 5.41) is 7.26. The highest BCUT2D eigenvalue weighted by atomic mass is 32.2. The number of ether oxygens (including phenoxy) is 1. The Morgan fingerprint density at radius 3 is 2.42 bits per heavy atom. The third-order valence-electron chi connectivity index (χ3n) is 2.78. The summed E-state index contributed by atoms with van der Waals surface area (Å²) in [7, 11) is -3.94. The van der Waals surface area contributed by atoms with Crippen molar-refractivity contribution in [1.29, 1.82) is 0 Å². The van der Waals surface area contributed by atoms with Crippen LogP contribution in [0.2, 0.25) is 0 Å². The predicted octanol–water partition coefficient (Wildman–Crippen LogP) is 1.77. The van der Waals surface area contributed by atoms with Crippen LogP contribution in [0, 0.1) is 17.5 Å². The molecule has 3 N–H and O–H groups in total. The van der Waals surface area contributed by atoms with E-state index in [-0.39, 0.29) is 16.6 Å². The van der Waals surface area contributed by atoms with Crippen LogP contribution < -0.4 is 15.2 Å². The van der Waals surface area contributed by atoms with Gasteiger partial charge in [-0.15, -0.1) is 0 Å². The summed E-state index contributed by atoms with van der Waals surface area (Å²) in [5.41, 5.74) is 0.112. The van der Waals surface area contributed by atoms with E-state index in [9.17, 15) is 26.4 Å². The number of nitrogens with two attached hydrogens (primary N) is 1. The van der Waals surface area contributed by atoms with E-state index < -0.39 is 45.7 Å². The molecule has 0 aliphatic rings. The first-order chi connectivity index (χ1) is 11.2. The fourth-order valence-corrected chi connectivity index (χ4v) is 2.27. The number of nitrogens with one attached hydrogen (secondary N) is 1. The minimum absolute atomic E-state index is 0.112. The van der Waals surface area contributed by atoms with Gasteiger partial charge in [0.05, 0.1) is 4.90 Å². The molecule has 2 aromatic rings. The van der Waals surface area contributed by atoms with Crippen LogP contribution in [0.25, 0.3) is 0 Å². The van der Waals surface area contributed by atoms with E-state index in [4.69, 9.17) is 9.88 Å². The van der Waals surface area contributed by atoms with E-state index in [1.54, 1.807) is 0 Å². The molecule has 0 saturated carbocycles. The first-order valence-corrected chi connectivity index (χ1v) is 7.91. The maximum Gasteiger partial charge on any atom is 0.262 e. The molecule has 0 saturated heterocycles. The maximum absolute atomic E-state index is 13.3. The lowest BCUT2D eigenvalue weighted by molar-refractivity contribution is -0.118. The molecule has 0 heterocycles. The summed E-state index contributed by atoms with van der Waals surface area (Å²) < 4.78 is 66.3. The molecule has 0 aliphatic carbocycles. The number of halogens is 3. The molecule has 24 heavy (non-hydrogen) atoms. The normalized spacial score (nSPS) is 11.2. The smallest absolute Gasteiger partial charge is 0.262 e. The molecule has 0 radical (unpaired) electrons. The van der Waals surface area contributed by atoms with Crippen LogP contribution in [0.5, 0.6) is 5.75 Å². The lowest BCUT2D eigenvalue weighted by atomic mass is 10.3. The summed E-state index contributed by atoms with van der Waals surface area (Å²) >= 11 is 0. The summed E-state index contributed by atoms with van der Waals surface area (Å²) in [6, 6.07) is 5.86. The van der Waals surface area contributed by atoms with Crippen molar-refractivity contribution in [2.24, 2.45) is 5.14 Å². The number of carbonyl (C=O) groups is 1. The van der Waals surface area contributed by atoms with E-state index >= 15 is 0 Å². The van der Waals surface area contributed by atoms with Crippen LogP contribution in [0.15, 0.2) is 41.3 Å². The fourth-order valence-electron chi connectivity index (χ4n) is 1.71. The van der Waals surface area contributed by atoms with Gasteiger partial charge >= 0.3 is 0 Å². The quantitative estimate of drug-likeness (QED) is 0.794. The average molecular weight is 360 g/mol. The van der Waals surface area contributed by atoms with Crippen LogP contribution in [0.4, 0.5) is 18.9 Å². The van der Waals surface area contributed by atoms with Crippen LogP contribution in [-0.4, -0.2) is 20.9 Å². The Morgan fingerprint density at radius 2 is 1.75 bits per heavy atom. The van der Waals surface area contributed by atoms with Crippen molar-refractivity contribution >= 4 is 21.6 Å². The van der Waals surface area contributed by atoms with Crippen LogP contribution in [-0.2, 0) is 14.8 Å². The summed E-state index contributed by atoms with van der Waals surface area (Å²) in [5.74, 6) is -5.29. The SMILES string of the molecule is NS(=O)(=O)c1cccc(NC(=O)COc2cc(F)c(F)cc2F)c1. The number of anilines is 1. The topological polar surface area (TPSA) is 98.5 Å². The van der Waals surface area contributed by atoms with E-state index in [1.807, 2.05) is 0 Å². The van der Waals surface area contributed by atoms with Crippen LogP contribution >= 0.6 is 0 Å². The first kappa shape index (κ1) is 17.8. The number of sulfonamides is 1. The molecule has 10 heteroatoms. The van der Waals surface area contributed by atoms with Gasteiger partial charge in [-0.1, -0.05) is 6.07 Å². The highest BCUT2D eigenvalue weighted by molar-refractivity contribution is 7.89. The van der Waals surface area contributed by atoms with Gasteiger partial charge in [-0.25, -0.2) is 26.7 Å². The minimum Gasteiger partial charge on any atom is -0.481 e. The molecule has 0 spiro atoms. The van der Waals surface area contributed by atoms with Crippen molar-refractivity contribution in [2.75, 3.05) is 11.9 Å². The number of primary sulfonamides is 1. The Balaban J connectivity index is 2.03. The summed E-state index contributed by atoms with van der Waals surface area (Å²) in [4.78, 5) is 11.5. The van der Waals surface area contributed by atoms with E-state index in [1.165, 1.54) is 18.2 Å². The lowest BCUT2D eigenvalue weighted by Gasteiger charge is -2.09. The Hall–Kier alpha value is -2.59. The van der Waals surface area contributed by atoms with Crippen molar-refractivity contribution < 1.29 is 31.1 Å². The number of carbonyl (C=O) groups excluding carboxylic acids is 1. The van der Waals surface area contributed by atoms with Gasteiger partial charge in [0.25, 0.3) is 5.91 Å². The monoisotopic (exact) mass is 360 g/mol. The third kappa shape index (κ3) is 4.46. The Kier molecular flexibility index (Phi) is 5.10. The van der Waals surface area contributed by atoms with Gasteiger partial charge in [0.2, 0.25) is 10.0 Å². The van der Waals surface area contributed by atoms with Crippen LogP contribution in [0.1, 0.15) is 0 Å². The van der Waals surface area contributed by atoms with E-state index in [2.05, 4.69) is 5.32 Å². The van der Waals surface area contributed by atoms with Gasteiger partial charge in [0.1, 0.15) is 0 Å². The lowest BCUT2D eigenvalue weighted by Crippen LogP contribution is -2.21. The second-order valence-electron chi connectivity index (χ2n) is 4.61. The molecule has 2 aromatic carbocycles. The van der Waals surface area contributed by atoms with Crippen molar-refractivity contribution in [2.45, 2.75) is 4.90 Å². The van der Waals surface area contributed by atoms with Crippen molar-refractivity contribution in [3.8, 4) is 5.75 Å². The van der Waals surface area contributed by atoms with E-state index in [0.717, 1.165) is 6.07 Å². The molecule has 0 bridgehead atoms. The molecule has 1 amide bonds. The van der Waals surface area contributed by atoms with Crippen molar-refractivity contribution in [3.05, 3.63) is 53.8 Å². The Bertz CT molecular complexity index is 888. The van der Waals surface area contributed by atoms with Gasteiger partial charge in [0, 0.05) is 17.8 Å². The molecular weight excluding hydrogens is 349 g/mol. The number of amides is 1. The molecule has 0 aromatic heterocycles. The Morgan fingerprint density at radius 1 is 1.08 bits per heavy atom. The van der Waals surface area contributed by atoms with Crippen LogP contribution in [0.3, 0.4) is 0 Å². The molecule has 6 nitrogen and oxygen atoms in total. The van der Waals surface area contributed by atoms with Gasteiger partial charge in [-0.3, -0.25) is 4.79 Å². The second-order valence-corrected chi connectivity index (χ2v) is 6.17. The first-order valence-electron chi connectivity index (χ1n) is 6.37. The predicted molar refractivity (Wildman–Crippen MR) is 78.3 cm³/mol. The Labute approximate surface area is 135 Å². The van der Waals surface area contributed by atoms with E-state index in [0.29, 0.717) is 6.07 Å². The highest BCUT2D eigenvalue weighted by Gasteiger charge is 2.13. The molecule has 2 rings (SSSR count). The average Bonchev–Trinajstić information content (AvgIpc) is 2.49. The zero-order chi connectivity index (χ0) is 17.9.